The van der Waals surface area contributed by atoms with Crippen molar-refractivity contribution in [2.24, 2.45) is 9.98 Å². The molecule has 0 amide bonds. The van der Waals surface area contributed by atoms with Crippen LogP contribution in [0.3, 0.4) is 0 Å². The second kappa shape index (κ2) is 8.05. The number of phenolic OH excluding ortho intramolecular Hbond substituents is 3. The molecule has 0 radical (unpaired) electrons. The maximum atomic E-state index is 10.0. The summed E-state index contributed by atoms with van der Waals surface area (Å²) in [7, 11) is 1.53. The first-order valence-corrected chi connectivity index (χ1v) is 8.13. The van der Waals surface area contributed by atoms with Crippen molar-refractivity contribution >= 4 is 23.8 Å². The topological polar surface area (TPSA) is 94.6 Å². The molecule has 0 saturated carbocycles. The van der Waals surface area contributed by atoms with Crippen molar-refractivity contribution in [3.05, 3.63) is 71.8 Å². The second-order valence-corrected chi connectivity index (χ2v) is 5.67. The average molecular weight is 362 g/mol. The number of ether oxygens (including phenoxy) is 1. The fraction of sp³-hybridized carbons (Fsp3) is 0.0476. The van der Waals surface area contributed by atoms with Crippen LogP contribution in [0.2, 0.25) is 0 Å². The summed E-state index contributed by atoms with van der Waals surface area (Å²) in [6.07, 6.45) is 3.04. The van der Waals surface area contributed by atoms with Crippen LogP contribution in [0.15, 0.2) is 70.6 Å². The van der Waals surface area contributed by atoms with Gasteiger partial charge in [0.1, 0.15) is 23.0 Å². The molecule has 0 saturated heterocycles. The highest BCUT2D eigenvalue weighted by molar-refractivity contribution is 5.89. The van der Waals surface area contributed by atoms with E-state index in [0.29, 0.717) is 28.3 Å². The zero-order chi connectivity index (χ0) is 19.2. The molecule has 6 heteroatoms. The third-order valence-electron chi connectivity index (χ3n) is 3.82. The predicted octanol–water partition coefficient (Wildman–Crippen LogP) is 4.31. The lowest BCUT2D eigenvalue weighted by Crippen LogP contribution is -1.86. The first-order valence-electron chi connectivity index (χ1n) is 8.13. The zero-order valence-corrected chi connectivity index (χ0v) is 14.6. The minimum atomic E-state index is -0.0668. The standard InChI is InChI=1S/C21H18N2O4/c1-27-17-9-7-15(21(26)11-17)13-23-19-5-3-2-4-18(19)22-12-14-6-8-16(24)10-20(14)25/h2-13,24-26H,1H3/b22-12+,23-13+. The summed E-state index contributed by atoms with van der Waals surface area (Å²) in [5.74, 6) is 0.535. The molecule has 0 unspecified atom stereocenters. The number of hydrogen-bond donors (Lipinski definition) is 3. The van der Waals surface area contributed by atoms with E-state index in [-0.39, 0.29) is 17.2 Å². The van der Waals surface area contributed by atoms with Gasteiger partial charge in [-0.1, -0.05) is 12.1 Å². The van der Waals surface area contributed by atoms with Gasteiger partial charge in [-0.15, -0.1) is 0 Å². The van der Waals surface area contributed by atoms with Crippen molar-refractivity contribution in [2.45, 2.75) is 0 Å². The Morgan fingerprint density at radius 2 is 1.30 bits per heavy atom. The van der Waals surface area contributed by atoms with Gasteiger partial charge in [-0.25, -0.2) is 0 Å². The van der Waals surface area contributed by atoms with Gasteiger partial charge in [0, 0.05) is 35.7 Å². The minimum Gasteiger partial charge on any atom is -0.508 e. The van der Waals surface area contributed by atoms with Gasteiger partial charge in [-0.3, -0.25) is 9.98 Å². The molecule has 0 aliphatic carbocycles. The van der Waals surface area contributed by atoms with Crippen LogP contribution in [0.5, 0.6) is 23.0 Å². The molecule has 27 heavy (non-hydrogen) atoms. The van der Waals surface area contributed by atoms with E-state index in [2.05, 4.69) is 9.98 Å². The van der Waals surface area contributed by atoms with E-state index in [4.69, 9.17) is 4.74 Å². The molecule has 0 atom stereocenters. The zero-order valence-electron chi connectivity index (χ0n) is 14.6. The Balaban J connectivity index is 1.87. The highest BCUT2D eigenvalue weighted by Crippen LogP contribution is 2.29. The number of benzene rings is 3. The lowest BCUT2D eigenvalue weighted by Gasteiger charge is -2.04. The fourth-order valence-corrected chi connectivity index (χ4v) is 2.36. The van der Waals surface area contributed by atoms with E-state index in [1.807, 2.05) is 12.1 Å². The SMILES string of the molecule is COc1ccc(/C=N/c2ccccc2/N=C/c2ccc(O)cc2O)c(O)c1. The summed E-state index contributed by atoms with van der Waals surface area (Å²) in [4.78, 5) is 8.77. The molecule has 0 heterocycles. The van der Waals surface area contributed by atoms with Gasteiger partial charge in [-0.05, 0) is 36.4 Å². The van der Waals surface area contributed by atoms with Crippen LogP contribution in [0, 0.1) is 0 Å². The summed E-state index contributed by atoms with van der Waals surface area (Å²) < 4.78 is 5.06. The Bertz CT molecular complexity index is 1010. The maximum Gasteiger partial charge on any atom is 0.128 e. The molecule has 136 valence electrons. The van der Waals surface area contributed by atoms with Crippen molar-refractivity contribution in [2.75, 3.05) is 7.11 Å². The van der Waals surface area contributed by atoms with Gasteiger partial charge >= 0.3 is 0 Å². The van der Waals surface area contributed by atoms with E-state index in [9.17, 15) is 15.3 Å². The van der Waals surface area contributed by atoms with Gasteiger partial charge in [0.2, 0.25) is 0 Å². The van der Waals surface area contributed by atoms with Crippen molar-refractivity contribution in [1.29, 1.82) is 0 Å². The smallest absolute Gasteiger partial charge is 0.128 e. The van der Waals surface area contributed by atoms with E-state index in [0.717, 1.165) is 0 Å². The third kappa shape index (κ3) is 4.43. The fourth-order valence-electron chi connectivity index (χ4n) is 2.36. The number of phenols is 3. The summed E-state index contributed by atoms with van der Waals surface area (Å²) in [6, 6.07) is 16.5. The summed E-state index contributed by atoms with van der Waals surface area (Å²) in [6.45, 7) is 0. The van der Waals surface area contributed by atoms with Crippen LogP contribution >= 0.6 is 0 Å². The maximum absolute atomic E-state index is 10.0. The molecule has 0 fully saturated rings. The number of para-hydroxylation sites is 2. The Kier molecular flexibility index (Phi) is 5.37. The lowest BCUT2D eigenvalue weighted by molar-refractivity contribution is 0.407. The molecule has 3 aromatic carbocycles. The normalized spacial score (nSPS) is 11.3. The molecular weight excluding hydrogens is 344 g/mol. The highest BCUT2D eigenvalue weighted by Gasteiger charge is 2.03. The average Bonchev–Trinajstić information content (AvgIpc) is 2.67. The van der Waals surface area contributed by atoms with Crippen LogP contribution in [0.1, 0.15) is 11.1 Å². The van der Waals surface area contributed by atoms with Crippen molar-refractivity contribution in [3.8, 4) is 23.0 Å². The molecule has 0 spiro atoms. The van der Waals surface area contributed by atoms with Crippen LogP contribution in [0.25, 0.3) is 0 Å². The van der Waals surface area contributed by atoms with Gasteiger partial charge in [0.05, 0.1) is 18.5 Å². The van der Waals surface area contributed by atoms with Crippen LogP contribution in [-0.4, -0.2) is 34.9 Å². The molecule has 0 bridgehead atoms. The van der Waals surface area contributed by atoms with Gasteiger partial charge in [0.15, 0.2) is 0 Å². The quantitative estimate of drug-likeness (QED) is 0.589. The molecule has 0 aromatic heterocycles. The van der Waals surface area contributed by atoms with E-state index < -0.39 is 0 Å². The van der Waals surface area contributed by atoms with E-state index in [1.54, 1.807) is 36.5 Å². The Morgan fingerprint density at radius 1 is 0.741 bits per heavy atom. The van der Waals surface area contributed by atoms with Crippen LogP contribution in [0.4, 0.5) is 11.4 Å². The molecule has 3 N–H and O–H groups in total. The predicted molar refractivity (Wildman–Crippen MR) is 105 cm³/mol. The van der Waals surface area contributed by atoms with Crippen LogP contribution < -0.4 is 4.74 Å². The Hall–Kier alpha value is -3.80. The number of nitrogens with zero attached hydrogens (tertiary/aromatic N) is 2. The van der Waals surface area contributed by atoms with Gasteiger partial charge in [0.25, 0.3) is 0 Å². The molecule has 3 aromatic rings. The molecule has 0 aliphatic heterocycles. The number of aliphatic imine (C=N–C) groups is 2. The third-order valence-corrected chi connectivity index (χ3v) is 3.82. The number of rotatable bonds is 5. The van der Waals surface area contributed by atoms with Crippen molar-refractivity contribution < 1.29 is 20.1 Å². The molecule has 6 nitrogen and oxygen atoms in total. The van der Waals surface area contributed by atoms with E-state index >= 15 is 0 Å². The summed E-state index contributed by atoms with van der Waals surface area (Å²) in [5.41, 5.74) is 2.21. The molecule has 3 rings (SSSR count). The largest absolute Gasteiger partial charge is 0.508 e. The number of hydrogen-bond acceptors (Lipinski definition) is 6. The van der Waals surface area contributed by atoms with Crippen molar-refractivity contribution in [3.63, 3.8) is 0 Å². The first kappa shape index (κ1) is 18.0. The highest BCUT2D eigenvalue weighted by atomic mass is 16.5. The van der Waals surface area contributed by atoms with E-state index in [1.165, 1.54) is 31.5 Å². The monoisotopic (exact) mass is 362 g/mol. The number of aromatic hydroxyl groups is 3. The number of methoxy groups -OCH3 is 1. The van der Waals surface area contributed by atoms with Crippen molar-refractivity contribution in [1.82, 2.24) is 0 Å². The minimum absolute atomic E-state index is 0.0195. The molecule has 0 aliphatic rings. The summed E-state index contributed by atoms with van der Waals surface area (Å²) in [5, 5.41) is 29.2. The lowest BCUT2D eigenvalue weighted by atomic mass is 10.2. The first-order chi connectivity index (χ1) is 13.1. The Morgan fingerprint density at radius 3 is 1.81 bits per heavy atom. The van der Waals surface area contributed by atoms with Gasteiger partial charge in [-0.2, -0.15) is 0 Å². The van der Waals surface area contributed by atoms with Gasteiger partial charge < -0.3 is 20.1 Å². The Labute approximate surface area is 156 Å². The van der Waals surface area contributed by atoms with Crippen LogP contribution in [-0.2, 0) is 0 Å². The molecular formula is C21H18N2O4. The summed E-state index contributed by atoms with van der Waals surface area (Å²) >= 11 is 0. The second-order valence-electron chi connectivity index (χ2n) is 5.67.